The molecule has 2 fully saturated rings. The van der Waals surface area contributed by atoms with E-state index in [2.05, 4.69) is 81.5 Å². The number of hydrogen-bond acceptors (Lipinski definition) is 5. The van der Waals surface area contributed by atoms with Crippen LogP contribution < -0.4 is 5.32 Å². The van der Waals surface area contributed by atoms with E-state index in [1.54, 1.807) is 6.92 Å². The Labute approximate surface area is 232 Å². The first-order valence-electron chi connectivity index (χ1n) is 15.0. The van der Waals surface area contributed by atoms with Gasteiger partial charge in [-0.2, -0.15) is 0 Å². The van der Waals surface area contributed by atoms with Gasteiger partial charge < -0.3 is 15.2 Å². The van der Waals surface area contributed by atoms with Crippen molar-refractivity contribution in [1.82, 2.24) is 5.32 Å². The Morgan fingerprint density at radius 3 is 2.16 bits per heavy atom. The van der Waals surface area contributed by atoms with E-state index >= 15 is 0 Å². The molecular weight excluding hydrogens is 478 g/mol. The van der Waals surface area contributed by atoms with Crippen LogP contribution >= 0.6 is 0 Å². The molecule has 0 aliphatic heterocycles. The summed E-state index contributed by atoms with van der Waals surface area (Å²) in [5, 5.41) is 24.2. The number of fused-ring (bicyclic) bond motifs is 3. The van der Waals surface area contributed by atoms with Gasteiger partial charge in [-0.3, -0.25) is 5.26 Å². The lowest BCUT2D eigenvalue weighted by Gasteiger charge is -2.68. The fourth-order valence-corrected chi connectivity index (χ4v) is 10.1. The Kier molecular flexibility index (Phi) is 8.85. The average molecular weight is 536 g/mol. The Bertz CT molecular complexity index is 916. The lowest BCUT2D eigenvalue weighted by molar-refractivity contribution is -0.312. The zero-order valence-electron chi connectivity index (χ0n) is 26.4. The first-order chi connectivity index (χ1) is 17.4. The smallest absolute Gasteiger partial charge is 0.407 e. The molecule has 3 aliphatic carbocycles. The van der Waals surface area contributed by atoms with Gasteiger partial charge in [0.05, 0.1) is 13.2 Å². The maximum Gasteiger partial charge on any atom is 0.407 e. The molecule has 0 aromatic carbocycles. The lowest BCUT2D eigenvalue weighted by Crippen LogP contribution is -2.62. The molecule has 38 heavy (non-hydrogen) atoms. The minimum Gasteiger partial charge on any atom is -0.453 e. The highest BCUT2D eigenvalue weighted by Gasteiger charge is 2.64. The van der Waals surface area contributed by atoms with Crippen LogP contribution in [0, 0.1) is 63.6 Å². The monoisotopic (exact) mass is 535 g/mol. The molecule has 12 unspecified atom stereocenters. The minimum absolute atomic E-state index is 0.0630. The summed E-state index contributed by atoms with van der Waals surface area (Å²) >= 11 is 0. The Morgan fingerprint density at radius 1 is 1.05 bits per heavy atom. The van der Waals surface area contributed by atoms with Crippen molar-refractivity contribution in [2.45, 2.75) is 114 Å². The largest absolute Gasteiger partial charge is 0.453 e. The Balaban J connectivity index is 2.21. The summed E-state index contributed by atoms with van der Waals surface area (Å²) in [6.45, 7) is 28.6. The second-order valence-corrected chi connectivity index (χ2v) is 14.7. The highest BCUT2D eigenvalue weighted by atomic mass is 17.1. The number of allylic oxidation sites excluding steroid dienone is 1. The molecule has 3 aliphatic rings. The van der Waals surface area contributed by atoms with Crippen LogP contribution in [-0.2, 0) is 9.62 Å². The number of nitrogens with one attached hydrogen (secondary N) is 1. The zero-order chi connectivity index (χ0) is 29.1. The van der Waals surface area contributed by atoms with E-state index in [0.29, 0.717) is 41.4 Å². The average Bonchev–Trinajstić information content (AvgIpc) is 2.84. The number of ether oxygens (including phenoxy) is 1. The maximum absolute atomic E-state index is 11.9. The van der Waals surface area contributed by atoms with Gasteiger partial charge in [-0.1, -0.05) is 80.4 Å². The van der Waals surface area contributed by atoms with Crippen LogP contribution in [0.25, 0.3) is 0 Å². The number of methoxy groups -OCH3 is 1. The van der Waals surface area contributed by atoms with Gasteiger partial charge in [0.1, 0.15) is 12.2 Å². The van der Waals surface area contributed by atoms with Crippen LogP contribution in [0.15, 0.2) is 11.1 Å². The van der Waals surface area contributed by atoms with Crippen LogP contribution in [0.1, 0.15) is 95.9 Å². The highest BCUT2D eigenvalue weighted by Crippen LogP contribution is 2.70. The molecular formula is C32H57NO5. The highest BCUT2D eigenvalue weighted by molar-refractivity contribution is 5.67. The molecule has 0 aromatic heterocycles. The molecule has 2 bridgehead atoms. The van der Waals surface area contributed by atoms with E-state index in [9.17, 15) is 15.2 Å². The van der Waals surface area contributed by atoms with E-state index in [0.717, 1.165) is 6.42 Å². The third-order valence-corrected chi connectivity index (χ3v) is 13.3. The number of rotatable bonds is 5. The van der Waals surface area contributed by atoms with Crippen molar-refractivity contribution in [3.8, 4) is 0 Å². The standard InChI is InChI=1S/C32H57NO5/c1-16-14-17(2)32(12)21(6)19(4)25-20(5)24(28(38-36)27(34)23(8)33-29(35)37-13)15-31(11,30(25,9)10)22(7)26(32)18(16)3/h16-19,21-24,26-28,34,36H,14-15H2,1-13H3,(H,33,35)/t16?,17?,18?,19?,21?,22?,23?,24?,26?,27?,28?,31?,32-/m0/s1. The second-order valence-electron chi connectivity index (χ2n) is 14.7. The maximum atomic E-state index is 11.9. The van der Waals surface area contributed by atoms with Crippen molar-refractivity contribution in [3.63, 3.8) is 0 Å². The number of amides is 1. The fourth-order valence-electron chi connectivity index (χ4n) is 10.1. The zero-order valence-corrected chi connectivity index (χ0v) is 26.4. The van der Waals surface area contributed by atoms with E-state index in [1.165, 1.54) is 24.7 Å². The number of hydrogen-bond donors (Lipinski definition) is 3. The SMILES string of the molecule is COC(=O)NC(C)C(O)C(OO)C1CC2(C)C(C)C3C(C)C(C)CC(C)[C@@]3(C)C(C)C(C)C(=C1C)C2(C)C. The van der Waals surface area contributed by atoms with Crippen molar-refractivity contribution in [3.05, 3.63) is 11.1 Å². The predicted octanol–water partition coefficient (Wildman–Crippen LogP) is 7.18. The van der Waals surface area contributed by atoms with E-state index in [1.807, 2.05) is 0 Å². The number of alkyl carbamates (subject to hydrolysis) is 1. The van der Waals surface area contributed by atoms with Gasteiger partial charge in [0.15, 0.2) is 0 Å². The summed E-state index contributed by atoms with van der Waals surface area (Å²) in [4.78, 5) is 17.0. The molecule has 0 saturated heterocycles. The third-order valence-electron chi connectivity index (χ3n) is 13.3. The Hall–Kier alpha value is -1.11. The molecule has 2 saturated carbocycles. The third kappa shape index (κ3) is 4.45. The van der Waals surface area contributed by atoms with E-state index < -0.39 is 24.3 Å². The second kappa shape index (κ2) is 10.7. The molecule has 6 nitrogen and oxygen atoms in total. The molecule has 0 radical (unpaired) electrons. The summed E-state index contributed by atoms with van der Waals surface area (Å²) in [6.07, 6.45) is -0.510. The molecule has 6 heteroatoms. The normalized spacial score (nSPS) is 45.2. The number of carbonyl (C=O) groups is 1. The van der Waals surface area contributed by atoms with Crippen molar-refractivity contribution in [2.24, 2.45) is 63.6 Å². The summed E-state index contributed by atoms with van der Waals surface area (Å²) < 4.78 is 4.74. The minimum atomic E-state index is -1.10. The number of carbonyl (C=O) groups excluding carboxylic acids is 1. The fraction of sp³-hybridized carbons (Fsp3) is 0.906. The van der Waals surface area contributed by atoms with Crippen LogP contribution in [0.3, 0.4) is 0 Å². The first kappa shape index (κ1) is 31.4. The van der Waals surface area contributed by atoms with Crippen molar-refractivity contribution < 1.29 is 24.8 Å². The molecule has 0 heterocycles. The quantitative estimate of drug-likeness (QED) is 0.197. The van der Waals surface area contributed by atoms with Crippen LogP contribution in [0.4, 0.5) is 4.79 Å². The summed E-state index contributed by atoms with van der Waals surface area (Å²) in [5.41, 5.74) is 2.73. The van der Waals surface area contributed by atoms with Gasteiger partial charge in [0, 0.05) is 5.92 Å². The summed E-state index contributed by atoms with van der Waals surface area (Å²) in [6, 6.07) is -0.651. The number of aliphatic hydroxyl groups excluding tert-OH is 1. The molecule has 1 amide bonds. The van der Waals surface area contributed by atoms with Crippen LogP contribution in [-0.4, -0.2) is 41.8 Å². The number of aliphatic hydroxyl groups is 1. The predicted molar refractivity (Wildman–Crippen MR) is 152 cm³/mol. The molecule has 220 valence electrons. The van der Waals surface area contributed by atoms with Crippen molar-refractivity contribution >= 4 is 6.09 Å². The van der Waals surface area contributed by atoms with E-state index in [-0.39, 0.29) is 22.2 Å². The first-order valence-corrected chi connectivity index (χ1v) is 15.0. The van der Waals surface area contributed by atoms with Crippen LogP contribution in [0.5, 0.6) is 0 Å². The lowest BCUT2D eigenvalue weighted by atomic mass is 9.37. The van der Waals surface area contributed by atoms with Gasteiger partial charge in [-0.25, -0.2) is 9.68 Å². The topological polar surface area (TPSA) is 88.0 Å². The summed E-state index contributed by atoms with van der Waals surface area (Å²) in [5.74, 6) is 3.55. The van der Waals surface area contributed by atoms with Gasteiger partial charge in [0.25, 0.3) is 0 Å². The van der Waals surface area contributed by atoms with Gasteiger partial charge in [-0.15, -0.1) is 0 Å². The van der Waals surface area contributed by atoms with Crippen LogP contribution in [0.2, 0.25) is 0 Å². The molecule has 0 spiro atoms. The molecule has 0 aromatic rings. The van der Waals surface area contributed by atoms with Gasteiger partial charge in [-0.05, 0) is 84.4 Å². The van der Waals surface area contributed by atoms with Gasteiger partial charge in [0.2, 0.25) is 0 Å². The molecule has 3 N–H and O–H groups in total. The molecule has 13 atom stereocenters. The van der Waals surface area contributed by atoms with Crippen molar-refractivity contribution in [2.75, 3.05) is 7.11 Å². The molecule has 3 rings (SSSR count). The van der Waals surface area contributed by atoms with E-state index in [4.69, 9.17) is 9.62 Å². The summed E-state index contributed by atoms with van der Waals surface area (Å²) in [7, 11) is 1.30. The van der Waals surface area contributed by atoms with Gasteiger partial charge >= 0.3 is 6.09 Å². The van der Waals surface area contributed by atoms with Crippen molar-refractivity contribution in [1.29, 1.82) is 0 Å². The Morgan fingerprint density at radius 2 is 1.63 bits per heavy atom.